The molecule has 0 saturated carbocycles. The summed E-state index contributed by atoms with van der Waals surface area (Å²) >= 11 is -0.324. The number of aliphatic hydroxyl groups is 1. The van der Waals surface area contributed by atoms with E-state index >= 15 is 0 Å². The fourth-order valence-electron chi connectivity index (χ4n) is 3.42. The summed E-state index contributed by atoms with van der Waals surface area (Å²) in [4.78, 5) is 0.747. The summed E-state index contributed by atoms with van der Waals surface area (Å²) in [5, 5.41) is 9.62. The van der Waals surface area contributed by atoms with Crippen LogP contribution in [0.1, 0.15) is 16.7 Å². The van der Waals surface area contributed by atoms with Gasteiger partial charge in [0.25, 0.3) is 0 Å². The number of aliphatic hydroxyl groups excluding tert-OH is 1. The van der Waals surface area contributed by atoms with Crippen molar-refractivity contribution < 1.29 is 53.7 Å². The van der Waals surface area contributed by atoms with E-state index in [2.05, 4.69) is 0 Å². The Hall–Kier alpha value is -3.13. The number of nitrogens with zero attached hydrogens (tertiary/aromatic N) is 1. The van der Waals surface area contributed by atoms with Crippen molar-refractivity contribution in [3.05, 3.63) is 89.2 Å². The van der Waals surface area contributed by atoms with E-state index in [1.807, 2.05) is 0 Å². The quantitative estimate of drug-likeness (QED) is 0.203. The minimum atomic E-state index is -5.07. The molecule has 1 N–H and O–H groups in total. The second-order valence-electron chi connectivity index (χ2n) is 8.22. The van der Waals surface area contributed by atoms with Crippen LogP contribution in [0.4, 0.5) is 49.6 Å². The maximum absolute atomic E-state index is 14.4. The van der Waals surface area contributed by atoms with Gasteiger partial charge in [0.1, 0.15) is 18.2 Å². The summed E-state index contributed by atoms with van der Waals surface area (Å²) in [6, 6.07) is 12.1. The summed E-state index contributed by atoms with van der Waals surface area (Å²) in [5.41, 5.74) is -5.97. The average Bonchev–Trinajstić information content (AvgIpc) is 2.81. The molecule has 0 saturated heterocycles. The van der Waals surface area contributed by atoms with Crippen molar-refractivity contribution in [2.45, 2.75) is 42.0 Å². The summed E-state index contributed by atoms with van der Waals surface area (Å²) in [6.45, 7) is -2.12. The van der Waals surface area contributed by atoms with E-state index in [1.54, 1.807) is 0 Å². The van der Waals surface area contributed by atoms with Gasteiger partial charge in [-0.05, 0) is 59.8 Å². The third-order valence-electron chi connectivity index (χ3n) is 5.23. The second kappa shape index (κ2) is 11.9. The Balaban J connectivity index is 1.86. The van der Waals surface area contributed by atoms with E-state index < -0.39 is 54.0 Å². The van der Waals surface area contributed by atoms with E-state index in [1.165, 1.54) is 48.5 Å². The van der Waals surface area contributed by atoms with Gasteiger partial charge in [0.05, 0.1) is 12.1 Å². The number of thioether (sulfide) groups is 1. The number of hydrogen-bond acceptors (Lipinski definition) is 4. The highest BCUT2D eigenvalue weighted by molar-refractivity contribution is 8.00. The Morgan fingerprint density at radius 1 is 0.846 bits per heavy atom. The molecule has 0 amide bonds. The molecule has 0 aliphatic carbocycles. The molecule has 14 heteroatoms. The maximum atomic E-state index is 14.4. The highest BCUT2D eigenvalue weighted by Gasteiger charge is 2.39. The molecular formula is C25H19F10NO2S. The number of rotatable bonds is 9. The Labute approximate surface area is 220 Å². The van der Waals surface area contributed by atoms with Crippen molar-refractivity contribution in [1.29, 1.82) is 0 Å². The topological polar surface area (TPSA) is 32.7 Å². The van der Waals surface area contributed by atoms with Crippen molar-refractivity contribution in [2.75, 3.05) is 11.4 Å². The Kier molecular flexibility index (Phi) is 9.31. The van der Waals surface area contributed by atoms with Crippen LogP contribution in [0.5, 0.6) is 5.75 Å². The first-order chi connectivity index (χ1) is 18.0. The number of ether oxygens (including phenoxy) is 1. The molecule has 0 spiro atoms. The second-order valence-corrected chi connectivity index (χ2v) is 9.36. The minimum Gasteiger partial charge on any atom is -0.489 e. The Bertz CT molecular complexity index is 1260. The molecule has 0 bridgehead atoms. The number of halogens is 10. The first kappa shape index (κ1) is 30.4. The standard InChI is InChI=1S/C25H19F10NO2S/c26-21-8-7-17(23(27,28)29)10-16(21)12-36(13-22(37)24(30,31)32)18-4-2-5-19(11-18)38-14-15-3-1-6-20(9-15)39-25(33,34)35/h1-11,22,37H,12-14H2/t22-/m1/s1. The largest absolute Gasteiger partial charge is 0.489 e. The zero-order valence-corrected chi connectivity index (χ0v) is 20.4. The van der Waals surface area contributed by atoms with Gasteiger partial charge in [0.15, 0.2) is 6.10 Å². The predicted octanol–water partition coefficient (Wildman–Crippen LogP) is 7.97. The molecule has 3 nitrogen and oxygen atoms in total. The van der Waals surface area contributed by atoms with Crippen LogP contribution in [0.25, 0.3) is 0 Å². The van der Waals surface area contributed by atoms with E-state index in [-0.39, 0.29) is 34.7 Å². The molecule has 3 aromatic rings. The predicted molar refractivity (Wildman–Crippen MR) is 124 cm³/mol. The first-order valence-electron chi connectivity index (χ1n) is 10.9. The minimum absolute atomic E-state index is 0.0472. The van der Waals surface area contributed by atoms with Gasteiger partial charge in [0, 0.05) is 28.8 Å². The van der Waals surface area contributed by atoms with Crippen LogP contribution in [0, 0.1) is 5.82 Å². The van der Waals surface area contributed by atoms with Crippen molar-refractivity contribution in [3.8, 4) is 5.75 Å². The molecule has 0 unspecified atom stereocenters. The third kappa shape index (κ3) is 9.24. The van der Waals surface area contributed by atoms with Crippen LogP contribution in [-0.2, 0) is 19.3 Å². The smallest absolute Gasteiger partial charge is 0.446 e. The Morgan fingerprint density at radius 2 is 1.54 bits per heavy atom. The Morgan fingerprint density at radius 3 is 2.18 bits per heavy atom. The summed E-state index contributed by atoms with van der Waals surface area (Å²) in [5.74, 6) is -1.05. The molecule has 1 atom stereocenters. The average molecular weight is 587 g/mol. The number of anilines is 1. The summed E-state index contributed by atoms with van der Waals surface area (Å²) in [6.07, 6.45) is -12.8. The van der Waals surface area contributed by atoms with Crippen LogP contribution >= 0.6 is 11.8 Å². The lowest BCUT2D eigenvalue weighted by molar-refractivity contribution is -0.200. The fourth-order valence-corrected chi connectivity index (χ4v) is 4.04. The zero-order chi connectivity index (χ0) is 29.0. The van der Waals surface area contributed by atoms with Gasteiger partial charge >= 0.3 is 17.9 Å². The van der Waals surface area contributed by atoms with Gasteiger partial charge in [-0.2, -0.15) is 39.5 Å². The molecule has 39 heavy (non-hydrogen) atoms. The maximum Gasteiger partial charge on any atom is 0.446 e. The molecule has 3 aromatic carbocycles. The molecule has 0 fully saturated rings. The lowest BCUT2D eigenvalue weighted by Gasteiger charge is -2.29. The summed E-state index contributed by atoms with van der Waals surface area (Å²) < 4.78 is 136. The molecule has 212 valence electrons. The van der Waals surface area contributed by atoms with Crippen molar-refractivity contribution in [1.82, 2.24) is 0 Å². The molecule has 0 aromatic heterocycles. The lowest BCUT2D eigenvalue weighted by atomic mass is 10.1. The van der Waals surface area contributed by atoms with Gasteiger partial charge in [-0.25, -0.2) is 4.39 Å². The lowest BCUT2D eigenvalue weighted by Crippen LogP contribution is -2.41. The van der Waals surface area contributed by atoms with Crippen LogP contribution in [0.2, 0.25) is 0 Å². The zero-order valence-electron chi connectivity index (χ0n) is 19.5. The highest BCUT2D eigenvalue weighted by Crippen LogP contribution is 2.37. The number of benzene rings is 3. The highest BCUT2D eigenvalue weighted by atomic mass is 32.2. The number of hydrogen-bond donors (Lipinski definition) is 1. The molecular weight excluding hydrogens is 568 g/mol. The van der Waals surface area contributed by atoms with Gasteiger partial charge < -0.3 is 14.7 Å². The first-order valence-corrected chi connectivity index (χ1v) is 11.8. The van der Waals surface area contributed by atoms with Crippen LogP contribution in [0.3, 0.4) is 0 Å². The summed E-state index contributed by atoms with van der Waals surface area (Å²) in [7, 11) is 0. The van der Waals surface area contributed by atoms with Crippen molar-refractivity contribution in [2.24, 2.45) is 0 Å². The molecule has 3 rings (SSSR count). The van der Waals surface area contributed by atoms with E-state index in [0.717, 1.165) is 4.90 Å². The molecule has 0 aliphatic heterocycles. The molecule has 0 aliphatic rings. The SMILES string of the molecule is O[C@H](CN(Cc1cc(C(F)(F)F)ccc1F)c1cccc(OCc2cccc(SC(F)(F)F)c2)c1)C(F)(F)F. The fraction of sp³-hybridized carbons (Fsp3) is 0.280. The normalized spacial score (nSPS) is 13.3. The van der Waals surface area contributed by atoms with Crippen LogP contribution in [-0.4, -0.2) is 29.4 Å². The van der Waals surface area contributed by atoms with Crippen LogP contribution in [0.15, 0.2) is 71.6 Å². The van der Waals surface area contributed by atoms with E-state index in [0.29, 0.717) is 23.8 Å². The van der Waals surface area contributed by atoms with Crippen LogP contribution < -0.4 is 9.64 Å². The molecule has 0 heterocycles. The van der Waals surface area contributed by atoms with Gasteiger partial charge in [0.2, 0.25) is 0 Å². The third-order valence-corrected chi connectivity index (χ3v) is 5.95. The van der Waals surface area contributed by atoms with E-state index in [9.17, 15) is 49.0 Å². The van der Waals surface area contributed by atoms with Crippen molar-refractivity contribution in [3.63, 3.8) is 0 Å². The van der Waals surface area contributed by atoms with Crippen molar-refractivity contribution >= 4 is 17.4 Å². The van der Waals surface area contributed by atoms with Gasteiger partial charge in [-0.3, -0.25) is 0 Å². The molecule has 0 radical (unpaired) electrons. The monoisotopic (exact) mass is 587 g/mol. The van der Waals surface area contributed by atoms with E-state index in [4.69, 9.17) is 4.74 Å². The number of alkyl halides is 9. The van der Waals surface area contributed by atoms with Gasteiger partial charge in [-0.15, -0.1) is 0 Å². The van der Waals surface area contributed by atoms with Gasteiger partial charge in [-0.1, -0.05) is 18.2 Å².